The Kier molecular flexibility index (Phi) is 3.75. The van der Waals surface area contributed by atoms with E-state index in [1.165, 1.54) is 0 Å². The van der Waals surface area contributed by atoms with Crippen LogP contribution in [-0.2, 0) is 0 Å². The molecular weight excluding hydrogens is 302 g/mol. The summed E-state index contributed by atoms with van der Waals surface area (Å²) in [7, 11) is 0. The first-order valence-corrected chi connectivity index (χ1v) is 8.04. The lowest BCUT2D eigenvalue weighted by molar-refractivity contribution is 0.173. The van der Waals surface area contributed by atoms with Gasteiger partial charge in [-0.05, 0) is 18.2 Å². The predicted octanol–water partition coefficient (Wildman–Crippen LogP) is 2.88. The van der Waals surface area contributed by atoms with Crippen LogP contribution in [0.4, 0.5) is 5.82 Å². The van der Waals surface area contributed by atoms with Crippen molar-refractivity contribution in [2.24, 2.45) is 0 Å². The minimum absolute atomic E-state index is 0.170. The van der Waals surface area contributed by atoms with Crippen LogP contribution in [-0.4, -0.2) is 34.1 Å². The fourth-order valence-corrected chi connectivity index (χ4v) is 3.17. The molecule has 6 nitrogen and oxygen atoms in total. The van der Waals surface area contributed by atoms with Gasteiger partial charge in [0.2, 0.25) is 0 Å². The molecule has 3 heterocycles. The molecular formula is C18H17N5O. The topological polar surface area (TPSA) is 77.8 Å². The van der Waals surface area contributed by atoms with E-state index in [1.54, 1.807) is 12.4 Å². The number of ether oxygens (including phenoxy) is 1. The summed E-state index contributed by atoms with van der Waals surface area (Å²) < 4.78 is 6.22. The summed E-state index contributed by atoms with van der Waals surface area (Å²) in [5, 5.41) is 10.3. The van der Waals surface area contributed by atoms with Crippen molar-refractivity contribution < 1.29 is 4.74 Å². The molecule has 120 valence electrons. The maximum Gasteiger partial charge on any atom is 0.183 e. The van der Waals surface area contributed by atoms with Gasteiger partial charge in [0.15, 0.2) is 11.5 Å². The Morgan fingerprint density at radius 3 is 2.83 bits per heavy atom. The van der Waals surface area contributed by atoms with E-state index < -0.39 is 0 Å². The number of anilines is 1. The lowest BCUT2D eigenvalue weighted by Crippen LogP contribution is -2.39. The lowest BCUT2D eigenvalue weighted by atomic mass is 10.1. The van der Waals surface area contributed by atoms with Gasteiger partial charge in [-0.1, -0.05) is 6.07 Å². The number of fused-ring (bicyclic) bond motifs is 1. The average Bonchev–Trinajstić information content (AvgIpc) is 3.12. The molecule has 0 amide bonds. The van der Waals surface area contributed by atoms with E-state index in [-0.39, 0.29) is 6.10 Å². The highest BCUT2D eigenvalue weighted by atomic mass is 16.5. The van der Waals surface area contributed by atoms with E-state index in [2.05, 4.69) is 25.9 Å². The van der Waals surface area contributed by atoms with Crippen LogP contribution >= 0.6 is 0 Å². The molecule has 0 atom stereocenters. The van der Waals surface area contributed by atoms with Crippen LogP contribution < -0.4 is 9.64 Å². The zero-order valence-electron chi connectivity index (χ0n) is 13.1. The van der Waals surface area contributed by atoms with Gasteiger partial charge in [-0.3, -0.25) is 0 Å². The number of nitrogens with one attached hydrogen (secondary N) is 1. The largest absolute Gasteiger partial charge is 0.490 e. The molecule has 0 radical (unpaired) electrons. The molecule has 1 N–H and O–H groups in total. The van der Waals surface area contributed by atoms with Crippen molar-refractivity contribution in [1.29, 1.82) is 5.26 Å². The molecule has 0 aliphatic carbocycles. The molecule has 6 heteroatoms. The number of hydrogen-bond acceptors (Lipinski definition) is 5. The zero-order valence-corrected chi connectivity index (χ0v) is 13.1. The van der Waals surface area contributed by atoms with Crippen molar-refractivity contribution in [2.75, 3.05) is 18.0 Å². The van der Waals surface area contributed by atoms with E-state index in [9.17, 15) is 0 Å². The second-order valence-corrected chi connectivity index (χ2v) is 5.84. The summed E-state index contributed by atoms with van der Waals surface area (Å²) in [6.07, 6.45) is 7.06. The zero-order chi connectivity index (χ0) is 16.4. The molecule has 0 bridgehead atoms. The minimum Gasteiger partial charge on any atom is -0.490 e. The van der Waals surface area contributed by atoms with E-state index in [1.807, 2.05) is 30.5 Å². The van der Waals surface area contributed by atoms with Crippen LogP contribution in [0, 0.1) is 11.3 Å². The predicted molar refractivity (Wildman–Crippen MR) is 90.9 cm³/mol. The molecule has 1 aliphatic heterocycles. The lowest BCUT2D eigenvalue weighted by Gasteiger charge is -2.33. The molecule has 2 aromatic heterocycles. The molecule has 0 spiro atoms. The summed E-state index contributed by atoms with van der Waals surface area (Å²) >= 11 is 0. The number of piperidine rings is 1. The van der Waals surface area contributed by atoms with Gasteiger partial charge < -0.3 is 14.6 Å². The third-order valence-electron chi connectivity index (χ3n) is 4.37. The van der Waals surface area contributed by atoms with Gasteiger partial charge in [-0.2, -0.15) is 5.26 Å². The Bertz CT molecular complexity index is 890. The van der Waals surface area contributed by atoms with Crippen molar-refractivity contribution in [1.82, 2.24) is 15.0 Å². The Balaban J connectivity index is 1.45. The summed E-state index contributed by atoms with van der Waals surface area (Å²) in [6, 6.07) is 10.2. The van der Waals surface area contributed by atoms with E-state index in [4.69, 9.17) is 10.00 Å². The van der Waals surface area contributed by atoms with Crippen molar-refractivity contribution in [3.05, 3.63) is 48.5 Å². The molecule has 1 aromatic carbocycles. The highest BCUT2D eigenvalue weighted by Gasteiger charge is 2.24. The summed E-state index contributed by atoms with van der Waals surface area (Å²) in [5.41, 5.74) is 1.47. The van der Waals surface area contributed by atoms with Gasteiger partial charge in [0.25, 0.3) is 0 Å². The monoisotopic (exact) mass is 319 g/mol. The molecule has 1 saturated heterocycles. The Labute approximate surface area is 139 Å². The molecule has 1 aliphatic rings. The molecule has 3 aromatic rings. The average molecular weight is 319 g/mol. The maximum absolute atomic E-state index is 9.17. The first kappa shape index (κ1) is 14.5. The third-order valence-corrected chi connectivity index (χ3v) is 4.37. The van der Waals surface area contributed by atoms with Crippen LogP contribution in [0.15, 0.2) is 42.9 Å². The van der Waals surface area contributed by atoms with Gasteiger partial charge in [-0.25, -0.2) is 9.97 Å². The molecule has 0 saturated carbocycles. The van der Waals surface area contributed by atoms with Gasteiger partial charge >= 0.3 is 0 Å². The highest BCUT2D eigenvalue weighted by Crippen LogP contribution is 2.28. The fraction of sp³-hybridized carbons (Fsp3) is 0.278. The summed E-state index contributed by atoms with van der Waals surface area (Å²) in [6.45, 7) is 1.61. The summed E-state index contributed by atoms with van der Waals surface area (Å²) in [5.74, 6) is 1.59. The van der Waals surface area contributed by atoms with Crippen LogP contribution in [0.2, 0.25) is 0 Å². The first-order chi connectivity index (χ1) is 11.8. The van der Waals surface area contributed by atoms with Crippen LogP contribution in [0.1, 0.15) is 18.5 Å². The number of nitriles is 1. The number of hydrogen-bond donors (Lipinski definition) is 1. The second-order valence-electron chi connectivity index (χ2n) is 5.84. The van der Waals surface area contributed by atoms with Crippen LogP contribution in [0.5, 0.6) is 5.75 Å². The molecule has 0 unspecified atom stereocenters. The number of H-pyrrole nitrogens is 1. The van der Waals surface area contributed by atoms with Crippen LogP contribution in [0.3, 0.4) is 0 Å². The number of nitrogens with zero attached hydrogens (tertiary/aromatic N) is 4. The molecule has 24 heavy (non-hydrogen) atoms. The number of benzene rings is 1. The van der Waals surface area contributed by atoms with Crippen molar-refractivity contribution in [3.8, 4) is 11.8 Å². The minimum atomic E-state index is 0.170. The van der Waals surface area contributed by atoms with Crippen LogP contribution in [0.25, 0.3) is 10.9 Å². The van der Waals surface area contributed by atoms with E-state index in [0.29, 0.717) is 11.5 Å². The number of aromatic amines is 1. The van der Waals surface area contributed by atoms with E-state index in [0.717, 1.165) is 42.6 Å². The SMILES string of the molecule is N#Cc1nccnc1N1CCC(Oc2cccc3[nH]ccc23)CC1. The maximum atomic E-state index is 9.17. The Morgan fingerprint density at radius 2 is 2.00 bits per heavy atom. The van der Waals surface area contributed by atoms with E-state index >= 15 is 0 Å². The quantitative estimate of drug-likeness (QED) is 0.803. The molecule has 4 rings (SSSR count). The number of rotatable bonds is 3. The fourth-order valence-electron chi connectivity index (χ4n) is 3.17. The van der Waals surface area contributed by atoms with Gasteiger partial charge in [0.1, 0.15) is 17.9 Å². The van der Waals surface area contributed by atoms with Crippen molar-refractivity contribution >= 4 is 16.7 Å². The number of aromatic nitrogens is 3. The Morgan fingerprint density at radius 1 is 1.17 bits per heavy atom. The molecule has 1 fully saturated rings. The highest BCUT2D eigenvalue weighted by molar-refractivity contribution is 5.85. The smallest absolute Gasteiger partial charge is 0.183 e. The second kappa shape index (κ2) is 6.20. The third kappa shape index (κ3) is 2.65. The van der Waals surface area contributed by atoms with Crippen molar-refractivity contribution in [2.45, 2.75) is 18.9 Å². The van der Waals surface area contributed by atoms with Gasteiger partial charge in [0.05, 0.1) is 0 Å². The first-order valence-electron chi connectivity index (χ1n) is 8.04. The summed E-state index contributed by atoms with van der Waals surface area (Å²) in [4.78, 5) is 13.7. The van der Waals surface area contributed by atoms with Gasteiger partial charge in [-0.15, -0.1) is 0 Å². The Hall–Kier alpha value is -3.07. The van der Waals surface area contributed by atoms with Gasteiger partial charge in [0, 0.05) is 55.4 Å². The normalized spacial score (nSPS) is 15.4. The van der Waals surface area contributed by atoms with Crippen molar-refractivity contribution in [3.63, 3.8) is 0 Å². The standard InChI is InChI=1S/C18H17N5O/c19-12-16-18(22-9-8-21-16)23-10-5-13(6-11-23)24-17-3-1-2-15-14(17)4-7-20-15/h1-4,7-9,13,20H,5-6,10-11H2.